The molecule has 3 rings (SSSR count). The first-order valence-corrected chi connectivity index (χ1v) is 8.42. The van der Waals surface area contributed by atoms with Crippen LogP contribution in [0.2, 0.25) is 0 Å². The van der Waals surface area contributed by atoms with Gasteiger partial charge in [-0.3, -0.25) is 0 Å². The largest absolute Gasteiger partial charge is 0.445 e. The summed E-state index contributed by atoms with van der Waals surface area (Å²) in [5.74, 6) is -0.206. The Bertz CT molecular complexity index is 790. The van der Waals surface area contributed by atoms with Crippen LogP contribution in [0.4, 0.5) is 4.79 Å². The topological polar surface area (TPSA) is 77.0 Å². The second-order valence-corrected chi connectivity index (χ2v) is 6.02. The average Bonchev–Trinajstić information content (AvgIpc) is 3.02. The molecular formula is C20H20N2O4. The van der Waals surface area contributed by atoms with Crippen molar-refractivity contribution in [2.24, 2.45) is 4.99 Å². The summed E-state index contributed by atoms with van der Waals surface area (Å²) in [6.07, 6.45) is -0.124. The van der Waals surface area contributed by atoms with Crippen LogP contribution in [-0.2, 0) is 27.3 Å². The third kappa shape index (κ3) is 4.69. The Morgan fingerprint density at radius 3 is 2.38 bits per heavy atom. The van der Waals surface area contributed by atoms with Crippen LogP contribution in [0, 0.1) is 0 Å². The van der Waals surface area contributed by atoms with Gasteiger partial charge in [0, 0.05) is 6.42 Å². The molecule has 2 aromatic carbocycles. The third-order valence-electron chi connectivity index (χ3n) is 3.95. The molecule has 0 aliphatic carbocycles. The van der Waals surface area contributed by atoms with E-state index < -0.39 is 24.1 Å². The van der Waals surface area contributed by atoms with Crippen LogP contribution < -0.4 is 5.32 Å². The molecule has 0 fully saturated rings. The summed E-state index contributed by atoms with van der Waals surface area (Å²) >= 11 is 0. The van der Waals surface area contributed by atoms with Crippen molar-refractivity contribution in [2.45, 2.75) is 32.0 Å². The Hall–Kier alpha value is -3.15. The van der Waals surface area contributed by atoms with E-state index in [1.165, 1.54) is 0 Å². The fourth-order valence-electron chi connectivity index (χ4n) is 2.57. The number of benzene rings is 2. The van der Waals surface area contributed by atoms with Crippen LogP contribution >= 0.6 is 0 Å². The molecule has 0 saturated heterocycles. The number of hydrogen-bond acceptors (Lipinski definition) is 5. The second kappa shape index (κ2) is 8.29. The number of nitrogens with zero attached hydrogens (tertiary/aromatic N) is 1. The van der Waals surface area contributed by atoms with E-state index in [4.69, 9.17) is 9.47 Å². The third-order valence-corrected chi connectivity index (χ3v) is 3.95. The van der Waals surface area contributed by atoms with Crippen LogP contribution in [0.3, 0.4) is 0 Å². The Labute approximate surface area is 151 Å². The maximum Gasteiger partial charge on any atom is 0.408 e. The van der Waals surface area contributed by atoms with E-state index in [9.17, 15) is 9.59 Å². The first kappa shape index (κ1) is 17.7. The quantitative estimate of drug-likeness (QED) is 0.811. The summed E-state index contributed by atoms with van der Waals surface area (Å²) in [6, 6.07) is 17.8. The zero-order valence-corrected chi connectivity index (χ0v) is 14.4. The first-order valence-electron chi connectivity index (χ1n) is 8.42. The first-order chi connectivity index (χ1) is 12.6. The molecule has 1 heterocycles. The maximum atomic E-state index is 12.0. The van der Waals surface area contributed by atoms with E-state index in [1.807, 2.05) is 60.7 Å². The number of hydrogen-bond donors (Lipinski definition) is 1. The van der Waals surface area contributed by atoms with Gasteiger partial charge in [0.25, 0.3) is 0 Å². The van der Waals surface area contributed by atoms with Gasteiger partial charge in [0.1, 0.15) is 12.6 Å². The standard InChI is InChI=1S/C20H20N2O4/c1-14(21-20(24)25-13-16-10-6-3-7-11-16)18-22-17(19(23)26-18)12-15-8-4-2-5-9-15/h2-11,14,17H,12-13H2,1H3,(H,21,24)/t14-,17?/m0/s1. The average molecular weight is 352 g/mol. The summed E-state index contributed by atoms with van der Waals surface area (Å²) in [6.45, 7) is 1.86. The molecule has 1 amide bonds. The highest BCUT2D eigenvalue weighted by Crippen LogP contribution is 2.15. The molecule has 2 aromatic rings. The van der Waals surface area contributed by atoms with E-state index in [-0.39, 0.29) is 12.5 Å². The Kier molecular flexibility index (Phi) is 5.63. The highest BCUT2D eigenvalue weighted by molar-refractivity contribution is 6.00. The lowest BCUT2D eigenvalue weighted by atomic mass is 10.1. The minimum absolute atomic E-state index is 0.169. The molecule has 0 bridgehead atoms. The lowest BCUT2D eigenvalue weighted by Crippen LogP contribution is -2.39. The fourth-order valence-corrected chi connectivity index (χ4v) is 2.57. The molecule has 0 spiro atoms. The van der Waals surface area contributed by atoms with Gasteiger partial charge in [0.15, 0.2) is 6.04 Å². The zero-order valence-electron chi connectivity index (χ0n) is 14.4. The van der Waals surface area contributed by atoms with Gasteiger partial charge in [-0.15, -0.1) is 0 Å². The summed E-state index contributed by atoms with van der Waals surface area (Å²) in [4.78, 5) is 28.2. The van der Waals surface area contributed by atoms with Gasteiger partial charge in [-0.05, 0) is 18.1 Å². The van der Waals surface area contributed by atoms with Crippen molar-refractivity contribution < 1.29 is 19.1 Å². The van der Waals surface area contributed by atoms with Crippen molar-refractivity contribution in [3.8, 4) is 0 Å². The van der Waals surface area contributed by atoms with E-state index in [1.54, 1.807) is 6.92 Å². The molecule has 1 aliphatic rings. The second-order valence-electron chi connectivity index (χ2n) is 6.02. The number of aliphatic imine (C=N–C) groups is 1. The highest BCUT2D eigenvalue weighted by Gasteiger charge is 2.32. The molecular weight excluding hydrogens is 332 g/mol. The number of carbonyl (C=O) groups is 2. The van der Waals surface area contributed by atoms with Gasteiger partial charge in [0.2, 0.25) is 5.90 Å². The van der Waals surface area contributed by atoms with Crippen LogP contribution in [-0.4, -0.2) is 30.0 Å². The molecule has 1 aliphatic heterocycles. The van der Waals surface area contributed by atoms with Crippen molar-refractivity contribution in [1.29, 1.82) is 0 Å². The summed E-state index contributed by atoms with van der Waals surface area (Å²) in [5.41, 5.74) is 1.89. The van der Waals surface area contributed by atoms with Crippen molar-refractivity contribution in [1.82, 2.24) is 5.32 Å². The molecule has 1 N–H and O–H groups in total. The smallest absolute Gasteiger partial charge is 0.408 e. The Morgan fingerprint density at radius 2 is 1.73 bits per heavy atom. The fraction of sp³-hybridized carbons (Fsp3) is 0.250. The maximum absolute atomic E-state index is 12.0. The van der Waals surface area contributed by atoms with Crippen molar-refractivity contribution in [2.75, 3.05) is 0 Å². The van der Waals surface area contributed by atoms with E-state index >= 15 is 0 Å². The summed E-state index contributed by atoms with van der Waals surface area (Å²) in [7, 11) is 0. The molecule has 1 unspecified atom stereocenters. The van der Waals surface area contributed by atoms with Crippen LogP contribution in [0.15, 0.2) is 65.7 Å². The molecule has 0 radical (unpaired) electrons. The van der Waals surface area contributed by atoms with Crippen molar-refractivity contribution in [3.05, 3.63) is 71.8 Å². The monoisotopic (exact) mass is 352 g/mol. The molecule has 6 nitrogen and oxygen atoms in total. The van der Waals surface area contributed by atoms with Crippen molar-refractivity contribution >= 4 is 18.0 Å². The van der Waals surface area contributed by atoms with Gasteiger partial charge >= 0.3 is 12.1 Å². The summed E-state index contributed by atoms with van der Waals surface area (Å²) in [5, 5.41) is 2.63. The number of cyclic esters (lactones) is 1. The van der Waals surface area contributed by atoms with E-state index in [0.717, 1.165) is 11.1 Å². The minimum Gasteiger partial charge on any atom is -0.445 e. The predicted molar refractivity (Wildman–Crippen MR) is 96.7 cm³/mol. The van der Waals surface area contributed by atoms with Crippen molar-refractivity contribution in [3.63, 3.8) is 0 Å². The number of ether oxygens (including phenoxy) is 2. The molecule has 0 aromatic heterocycles. The van der Waals surface area contributed by atoms with Crippen LogP contribution in [0.1, 0.15) is 18.1 Å². The Morgan fingerprint density at radius 1 is 1.12 bits per heavy atom. The number of alkyl carbamates (subject to hydrolysis) is 1. The van der Waals surface area contributed by atoms with Gasteiger partial charge < -0.3 is 14.8 Å². The molecule has 6 heteroatoms. The molecule has 0 saturated carbocycles. The van der Waals surface area contributed by atoms with Crippen LogP contribution in [0.25, 0.3) is 0 Å². The van der Waals surface area contributed by atoms with Gasteiger partial charge in [0.05, 0.1) is 0 Å². The molecule has 26 heavy (non-hydrogen) atoms. The summed E-state index contributed by atoms with van der Waals surface area (Å²) < 4.78 is 10.4. The van der Waals surface area contributed by atoms with E-state index in [2.05, 4.69) is 10.3 Å². The van der Waals surface area contributed by atoms with Gasteiger partial charge in [-0.25, -0.2) is 14.6 Å². The molecule has 134 valence electrons. The number of esters is 1. The number of rotatable bonds is 6. The normalized spacial score (nSPS) is 17.2. The van der Waals surface area contributed by atoms with Gasteiger partial charge in [-0.2, -0.15) is 0 Å². The SMILES string of the molecule is C[C@H](NC(=O)OCc1ccccc1)C1=NC(Cc2ccccc2)C(=O)O1. The van der Waals surface area contributed by atoms with Gasteiger partial charge in [-0.1, -0.05) is 60.7 Å². The Balaban J connectivity index is 1.52. The lowest BCUT2D eigenvalue weighted by Gasteiger charge is -2.12. The van der Waals surface area contributed by atoms with E-state index in [0.29, 0.717) is 6.42 Å². The lowest BCUT2D eigenvalue weighted by molar-refractivity contribution is -0.135. The predicted octanol–water partition coefficient (Wildman–Crippen LogP) is 2.87. The zero-order chi connectivity index (χ0) is 18.4. The number of carbonyl (C=O) groups excluding carboxylic acids is 2. The highest BCUT2D eigenvalue weighted by atomic mass is 16.6. The number of nitrogens with one attached hydrogen (secondary N) is 1. The molecule has 2 atom stereocenters. The number of amides is 1. The minimum atomic E-state index is -0.591. The van der Waals surface area contributed by atoms with Crippen LogP contribution in [0.5, 0.6) is 0 Å².